The summed E-state index contributed by atoms with van der Waals surface area (Å²) in [6, 6.07) is 0.192. The average Bonchev–Trinajstić information content (AvgIpc) is 2.38. The maximum absolute atomic E-state index is 11.7. The Morgan fingerprint density at radius 2 is 2.06 bits per heavy atom. The fraction of sp³-hybridized carbons (Fsp3) is 0.923. The van der Waals surface area contributed by atoms with E-state index in [-0.39, 0.29) is 29.2 Å². The molecule has 0 aromatic heterocycles. The number of carbonyl (C=O) groups is 1. The molecule has 98 valence electrons. The van der Waals surface area contributed by atoms with Crippen molar-refractivity contribution in [2.45, 2.75) is 70.2 Å². The molecule has 0 aliphatic carbocycles. The summed E-state index contributed by atoms with van der Waals surface area (Å²) in [5, 5.41) is 6.39. The van der Waals surface area contributed by atoms with Crippen molar-refractivity contribution in [3.63, 3.8) is 0 Å². The number of rotatable bonds is 2. The van der Waals surface area contributed by atoms with Crippen molar-refractivity contribution in [1.82, 2.24) is 10.6 Å². The molecule has 2 aliphatic rings. The fourth-order valence-electron chi connectivity index (χ4n) is 3.00. The Labute approximate surface area is 103 Å². The molecule has 0 aromatic rings. The molecular weight excluding hydrogens is 216 g/mol. The number of ether oxygens (including phenoxy) is 1. The van der Waals surface area contributed by atoms with Crippen molar-refractivity contribution >= 4 is 5.91 Å². The van der Waals surface area contributed by atoms with Crippen LogP contribution in [0.25, 0.3) is 0 Å². The molecule has 2 fully saturated rings. The largest absolute Gasteiger partial charge is 0.368 e. The van der Waals surface area contributed by atoms with Crippen molar-refractivity contribution in [3.05, 3.63) is 0 Å². The Kier molecular flexibility index (Phi) is 3.21. The molecule has 2 N–H and O–H groups in total. The summed E-state index contributed by atoms with van der Waals surface area (Å²) in [4.78, 5) is 11.7. The third-order valence-corrected chi connectivity index (χ3v) is 3.76. The van der Waals surface area contributed by atoms with Crippen LogP contribution in [-0.4, -0.2) is 35.7 Å². The minimum Gasteiger partial charge on any atom is -0.368 e. The van der Waals surface area contributed by atoms with Crippen molar-refractivity contribution in [2.75, 3.05) is 6.54 Å². The first-order valence-corrected chi connectivity index (χ1v) is 6.54. The second kappa shape index (κ2) is 4.25. The first-order chi connectivity index (χ1) is 7.80. The van der Waals surface area contributed by atoms with Gasteiger partial charge in [0, 0.05) is 12.6 Å². The molecule has 2 unspecified atom stereocenters. The predicted octanol–water partition coefficient (Wildman–Crippen LogP) is 1.20. The highest BCUT2D eigenvalue weighted by atomic mass is 16.5. The van der Waals surface area contributed by atoms with Gasteiger partial charge in [0.25, 0.3) is 0 Å². The molecule has 4 heteroatoms. The van der Waals surface area contributed by atoms with Crippen molar-refractivity contribution in [3.8, 4) is 0 Å². The highest BCUT2D eigenvalue weighted by Crippen LogP contribution is 2.37. The highest BCUT2D eigenvalue weighted by molar-refractivity contribution is 5.82. The lowest BCUT2D eigenvalue weighted by Gasteiger charge is -2.32. The smallest absolute Gasteiger partial charge is 0.237 e. The van der Waals surface area contributed by atoms with E-state index in [1.165, 1.54) is 0 Å². The van der Waals surface area contributed by atoms with E-state index in [1.54, 1.807) is 0 Å². The summed E-state index contributed by atoms with van der Waals surface area (Å²) in [6.07, 6.45) is 2.93. The van der Waals surface area contributed by atoms with Gasteiger partial charge in [0.15, 0.2) is 0 Å². The zero-order valence-electron chi connectivity index (χ0n) is 11.3. The molecule has 17 heavy (non-hydrogen) atoms. The molecule has 2 heterocycles. The summed E-state index contributed by atoms with van der Waals surface area (Å²) in [7, 11) is 0. The van der Waals surface area contributed by atoms with Crippen LogP contribution in [0.5, 0.6) is 0 Å². The zero-order chi connectivity index (χ0) is 12.7. The number of carbonyl (C=O) groups excluding carboxylic acids is 1. The maximum Gasteiger partial charge on any atom is 0.237 e. The van der Waals surface area contributed by atoms with Crippen LogP contribution in [0, 0.1) is 0 Å². The van der Waals surface area contributed by atoms with Gasteiger partial charge >= 0.3 is 0 Å². The van der Waals surface area contributed by atoms with E-state index in [0.29, 0.717) is 0 Å². The van der Waals surface area contributed by atoms with Gasteiger partial charge in [-0.15, -0.1) is 0 Å². The summed E-state index contributed by atoms with van der Waals surface area (Å²) in [6.45, 7) is 9.22. The summed E-state index contributed by atoms with van der Waals surface area (Å²) < 4.78 is 6.03. The van der Waals surface area contributed by atoms with E-state index in [0.717, 1.165) is 25.8 Å². The Balaban J connectivity index is 2.01. The minimum absolute atomic E-state index is 0.0504. The van der Waals surface area contributed by atoms with Gasteiger partial charge in [-0.25, -0.2) is 0 Å². The van der Waals surface area contributed by atoms with E-state index >= 15 is 0 Å². The lowest BCUT2D eigenvalue weighted by Crippen LogP contribution is -2.55. The molecule has 0 bridgehead atoms. The van der Waals surface area contributed by atoms with Crippen LogP contribution in [0.3, 0.4) is 0 Å². The molecule has 4 nitrogen and oxygen atoms in total. The van der Waals surface area contributed by atoms with Crippen LogP contribution in [-0.2, 0) is 9.53 Å². The van der Waals surface area contributed by atoms with Gasteiger partial charge in [-0.1, -0.05) is 0 Å². The fourth-order valence-corrected chi connectivity index (χ4v) is 3.00. The van der Waals surface area contributed by atoms with Gasteiger partial charge in [0.05, 0.1) is 17.2 Å². The third kappa shape index (κ3) is 2.80. The quantitative estimate of drug-likeness (QED) is 0.762. The van der Waals surface area contributed by atoms with E-state index in [1.807, 2.05) is 0 Å². The van der Waals surface area contributed by atoms with Gasteiger partial charge in [0.1, 0.15) is 0 Å². The number of piperidine rings is 1. The summed E-state index contributed by atoms with van der Waals surface area (Å²) >= 11 is 0. The van der Waals surface area contributed by atoms with Crippen LogP contribution in [0.15, 0.2) is 0 Å². The molecule has 2 saturated heterocycles. The monoisotopic (exact) mass is 240 g/mol. The molecule has 0 spiro atoms. The first-order valence-electron chi connectivity index (χ1n) is 6.54. The third-order valence-electron chi connectivity index (χ3n) is 3.76. The maximum atomic E-state index is 11.7. The second-order valence-electron chi connectivity index (χ2n) is 6.37. The van der Waals surface area contributed by atoms with E-state index in [4.69, 9.17) is 4.74 Å². The predicted molar refractivity (Wildman–Crippen MR) is 66.8 cm³/mol. The molecule has 2 aliphatic heterocycles. The molecule has 2 atom stereocenters. The number of hydrogen-bond donors (Lipinski definition) is 2. The summed E-state index contributed by atoms with van der Waals surface area (Å²) in [5.41, 5.74) is -0.312. The Bertz CT molecular complexity index is 313. The Hall–Kier alpha value is -0.610. The Morgan fingerprint density at radius 3 is 2.59 bits per heavy atom. The van der Waals surface area contributed by atoms with Crippen LogP contribution in [0.1, 0.15) is 47.0 Å². The molecule has 2 rings (SSSR count). The lowest BCUT2D eigenvalue weighted by atomic mass is 9.92. The van der Waals surface area contributed by atoms with Gasteiger partial charge < -0.3 is 15.4 Å². The van der Waals surface area contributed by atoms with E-state index < -0.39 is 0 Å². The van der Waals surface area contributed by atoms with Crippen molar-refractivity contribution < 1.29 is 9.53 Å². The Morgan fingerprint density at radius 1 is 1.35 bits per heavy atom. The number of hydrogen-bond acceptors (Lipinski definition) is 3. The molecule has 0 aromatic carbocycles. The van der Waals surface area contributed by atoms with Crippen molar-refractivity contribution in [2.24, 2.45) is 0 Å². The number of amides is 1. The SMILES string of the molecule is CC1(C)CC(NC2CCCNC2=O)C(C)(C)O1. The highest BCUT2D eigenvalue weighted by Gasteiger charge is 2.46. The summed E-state index contributed by atoms with van der Waals surface area (Å²) in [5.74, 6) is 0.136. The lowest BCUT2D eigenvalue weighted by molar-refractivity contribution is -0.125. The number of nitrogens with one attached hydrogen (secondary N) is 2. The van der Waals surface area contributed by atoms with Crippen LogP contribution in [0.2, 0.25) is 0 Å². The van der Waals surface area contributed by atoms with Gasteiger partial charge in [-0.2, -0.15) is 0 Å². The second-order valence-corrected chi connectivity index (χ2v) is 6.37. The van der Waals surface area contributed by atoms with E-state index in [2.05, 4.69) is 38.3 Å². The molecule has 0 radical (unpaired) electrons. The molecule has 0 saturated carbocycles. The standard InChI is InChI=1S/C13H24N2O2/c1-12(2)8-10(13(3,4)17-12)15-9-6-5-7-14-11(9)16/h9-10,15H,5-8H2,1-4H3,(H,14,16). The van der Waals surface area contributed by atoms with E-state index in [9.17, 15) is 4.79 Å². The topological polar surface area (TPSA) is 50.4 Å². The normalized spacial score (nSPS) is 35.6. The average molecular weight is 240 g/mol. The minimum atomic E-state index is -0.207. The molecular formula is C13H24N2O2. The first kappa shape index (κ1) is 12.8. The van der Waals surface area contributed by atoms with Crippen LogP contribution >= 0.6 is 0 Å². The van der Waals surface area contributed by atoms with Gasteiger partial charge in [-0.3, -0.25) is 4.79 Å². The van der Waals surface area contributed by atoms with Gasteiger partial charge in [-0.05, 0) is 47.0 Å². The van der Waals surface area contributed by atoms with Crippen LogP contribution < -0.4 is 10.6 Å². The van der Waals surface area contributed by atoms with Crippen molar-refractivity contribution in [1.29, 1.82) is 0 Å². The zero-order valence-corrected chi connectivity index (χ0v) is 11.3. The van der Waals surface area contributed by atoms with Gasteiger partial charge in [0.2, 0.25) is 5.91 Å². The molecule has 1 amide bonds. The van der Waals surface area contributed by atoms with Crippen LogP contribution in [0.4, 0.5) is 0 Å².